The van der Waals surface area contributed by atoms with Crippen LogP contribution in [0.2, 0.25) is 0 Å². The van der Waals surface area contributed by atoms with E-state index >= 15 is 0 Å². The number of methoxy groups -OCH3 is 2. The number of phenols is 1. The van der Waals surface area contributed by atoms with Crippen LogP contribution in [-0.4, -0.2) is 174 Å². The van der Waals surface area contributed by atoms with Crippen LogP contribution in [0.25, 0.3) is 11.0 Å². The van der Waals surface area contributed by atoms with E-state index in [2.05, 4.69) is 51.8 Å². The molecule has 782 valence electrons. The molecule has 3 aromatic heterocycles. The van der Waals surface area contributed by atoms with Gasteiger partial charge in [-0.25, -0.2) is 27.4 Å². The molecule has 2 saturated heterocycles. The van der Waals surface area contributed by atoms with Crippen LogP contribution in [0.3, 0.4) is 0 Å². The summed E-state index contributed by atoms with van der Waals surface area (Å²) in [5.41, 5.74) is 8.85. The van der Waals surface area contributed by atoms with Crippen LogP contribution in [0.4, 0.5) is 50.1 Å². The van der Waals surface area contributed by atoms with Crippen molar-refractivity contribution in [3.8, 4) is 23.0 Å². The predicted octanol–water partition coefficient (Wildman–Crippen LogP) is 18.8. The monoisotopic (exact) mass is 2060 g/mol. The number of esters is 1. The molecule has 37 heteroatoms. The lowest BCUT2D eigenvalue weighted by atomic mass is 9.94. The smallest absolute Gasteiger partial charge is 0.421 e. The van der Waals surface area contributed by atoms with Crippen molar-refractivity contribution < 1.29 is 98.8 Å². The Morgan fingerprint density at radius 2 is 1.35 bits per heavy atom. The van der Waals surface area contributed by atoms with Gasteiger partial charge in [0.25, 0.3) is 23.6 Å². The third-order valence-electron chi connectivity index (χ3n) is 24.9. The number of phenolic OH excluding ortho intramolecular Hbond substituents is 1. The summed E-state index contributed by atoms with van der Waals surface area (Å²) in [6, 6.07) is 56.0. The molecule has 6 heterocycles. The maximum Gasteiger partial charge on any atom is 0.421 e. The number of rotatable bonds is 30. The van der Waals surface area contributed by atoms with Crippen LogP contribution >= 0.6 is 0 Å². The summed E-state index contributed by atoms with van der Waals surface area (Å²) in [6.45, 7) is 17.9. The van der Waals surface area contributed by atoms with Gasteiger partial charge >= 0.3 is 17.5 Å². The number of halogens is 1. The number of para-hydroxylation sites is 2. The lowest BCUT2D eigenvalue weighted by molar-refractivity contribution is -0.444. The van der Waals surface area contributed by atoms with Crippen LogP contribution in [0.1, 0.15) is 212 Å². The number of nitrogens with one attached hydrogen (secondary N) is 6. The van der Waals surface area contributed by atoms with Gasteiger partial charge in [0.2, 0.25) is 27.7 Å². The lowest BCUT2D eigenvalue weighted by Gasteiger charge is -2.33. The fraction of sp³-hybridized carbons (Fsp3) is 0.301. The number of allylic oxidation sites excluding steroid dienone is 1. The van der Waals surface area contributed by atoms with Crippen molar-refractivity contribution in [1.82, 2.24) is 30.2 Å². The summed E-state index contributed by atoms with van der Waals surface area (Å²) in [4.78, 5) is 170. The highest BCUT2D eigenvalue weighted by Gasteiger charge is 2.39. The number of nitroso groups, excluding NO2 is 1. The Labute approximate surface area is 867 Å². The maximum atomic E-state index is 13.8. The largest absolute Gasteiger partial charge is 0.507 e. The van der Waals surface area contributed by atoms with Crippen LogP contribution in [0, 0.1) is 23.6 Å². The number of nitrogens with zero attached hydrogens (tertiary/aromatic N) is 8. The number of aromatic nitrogens is 2. The molecule has 8 N–H and O–H groups in total. The van der Waals surface area contributed by atoms with E-state index in [0.29, 0.717) is 85.5 Å². The minimum Gasteiger partial charge on any atom is -0.507 e. The van der Waals surface area contributed by atoms with Crippen LogP contribution in [-0.2, 0) is 51.6 Å². The predicted molar refractivity (Wildman–Crippen MR) is 569 cm³/mol. The molecule has 1 aliphatic carbocycles. The molecule has 9 aromatic carbocycles. The van der Waals surface area contributed by atoms with E-state index in [1.54, 1.807) is 92.9 Å². The number of carbonyl (C=O) groups excluding carboxylic acids is 10. The number of benzene rings is 9. The Balaban J connectivity index is 0.000000169. The topological polar surface area (TPSA) is 469 Å². The second kappa shape index (κ2) is 53.0. The number of anilines is 5. The van der Waals surface area contributed by atoms with Gasteiger partial charge in [0.1, 0.15) is 62.2 Å². The summed E-state index contributed by atoms with van der Waals surface area (Å²) >= 11 is 0. The SMILES string of the molecule is CC(=O)Nc1ccc(CC(=O)[C@@H](NC(=O)c2cccc(C)c2)C(C)C)cc1.CC(=O)Nc1ccc(N(C(=O)c2cnccn2)C(C(=O)NC2CCCCC2)c2ccc(F)cc2)cc1.CC(=O)c1cc(N=Cc2c(O)c3ccccc3oc2=O)ccc1O.CCOC(=O)C1=C(NC(=O)c2ccc(OC)c(S(=O)(=O)N3CCCCC3C)c2)Cc2ccccc2N=C1CC.COc1ccc(N2CCCC2)c(NC(=O)c2ccc([N+](C)=O)o2)c1. The minimum atomic E-state index is -3.91. The second-order valence-corrected chi connectivity index (χ2v) is 38.1. The Morgan fingerprint density at radius 3 is 1.99 bits per heavy atom. The molecule has 3 atom stereocenters. The summed E-state index contributed by atoms with van der Waals surface area (Å²) in [6.07, 6.45) is 16.0. The maximum absolute atomic E-state index is 13.8. The summed E-state index contributed by atoms with van der Waals surface area (Å²) < 4.78 is 69.5. The number of sulfonamides is 1. The number of Topliss-reactive ketones (excluding diaryl/α,β-unsaturated/α-hetero) is 2. The minimum absolute atomic E-state index is 0.00445. The highest BCUT2D eigenvalue weighted by Crippen LogP contribution is 2.39. The third-order valence-corrected chi connectivity index (χ3v) is 27.0. The van der Waals surface area contributed by atoms with Crippen LogP contribution in [0.15, 0.2) is 271 Å². The average molecular weight is 2060 g/mol. The van der Waals surface area contributed by atoms with E-state index < -0.39 is 57.2 Å². The molecule has 3 fully saturated rings. The van der Waals surface area contributed by atoms with Gasteiger partial charge in [-0.05, 0) is 229 Å². The molecule has 12 aromatic rings. The lowest BCUT2D eigenvalue weighted by Crippen LogP contribution is -2.47. The third kappa shape index (κ3) is 29.8. The van der Waals surface area contributed by atoms with Crippen molar-refractivity contribution in [2.75, 3.05) is 73.3 Å². The number of aryl methyl sites for hydroxylation is 1. The van der Waals surface area contributed by atoms with E-state index in [1.807, 2.05) is 95.3 Å². The number of aromatic hydroxyl groups is 2. The number of aliphatic imine (C=N–C) groups is 2. The Kier molecular flexibility index (Phi) is 39.5. The summed E-state index contributed by atoms with van der Waals surface area (Å²) in [5, 5.41) is 37.4. The molecule has 0 spiro atoms. The number of piperidine rings is 1. The molecule has 35 nitrogen and oxygen atoms in total. The number of fused-ring (bicyclic) bond motifs is 2. The standard InChI is InChI=1S/C29H35N3O6S.C27H28FN5O3.C22H26N2O3.C18H13NO5.C17H19N3O4/c1-5-22-27(29(34)38-6-2)24(17-20-12-7-8-13-23(20)30-22)31-28(33)21-14-15-25(37-4)26(18-21)39(35,36)32-16-10-9-11-19(32)3;1-18(34)31-22-11-13-23(14-12-22)33(27(36)24-17-29-15-16-30-24)25(19-7-9-20(28)10-8-19)26(35)32-21-5-3-2-4-6-21;1-14(2)21(24-22(27)18-7-5-6-15(3)12-18)20(26)13-17-8-10-19(11-9-17)23-16(4)25;1-10(20)13-8-11(6-7-15(13)21)19-9-14-17(22)12-4-2-3-5-16(12)24-18(14)23;1-19(22)16-8-7-15(24-16)17(21)18-13-11-12(23-2)5-6-14(13)20-9-3-4-10-20/h7-8,12-15,18-19H,5-6,9-11,16-17H2,1-4H3,(H,31,33);7-17,21,25H,2-6H2,1H3,(H,31,34)(H,32,35);5-12,14,21H,13H2,1-4H3,(H,23,25)(H,24,27);2-9,21-22H,1H3;5-8,11H,3-4,9-10H2,1-2H3/p+1/t;;21-;;/m..0../s1. The molecule has 16 rings (SSSR count). The van der Waals surface area contributed by atoms with Crippen molar-refractivity contribution in [1.29, 1.82) is 0 Å². The van der Waals surface area contributed by atoms with Gasteiger partial charge < -0.3 is 70.1 Å². The van der Waals surface area contributed by atoms with Gasteiger partial charge in [0, 0.05) is 122 Å². The molecule has 4 aliphatic rings. The Bertz CT molecular complexity index is 7200. The van der Waals surface area contributed by atoms with E-state index in [0.717, 1.165) is 99.7 Å². The van der Waals surface area contributed by atoms with Crippen molar-refractivity contribution >= 4 is 138 Å². The Morgan fingerprint density at radius 1 is 0.680 bits per heavy atom. The van der Waals surface area contributed by atoms with Gasteiger partial charge in [0.05, 0.1) is 83.3 Å². The molecule has 150 heavy (non-hydrogen) atoms. The summed E-state index contributed by atoms with van der Waals surface area (Å²) in [5.74, 6) is -3.23. The number of hydrogen-bond donors (Lipinski definition) is 8. The highest BCUT2D eigenvalue weighted by atomic mass is 32.2. The number of furan rings is 1. The average Bonchev–Trinajstić information content (AvgIpc) is 1.18. The number of ether oxygens (including phenoxy) is 3. The molecule has 2 unspecified atom stereocenters. The van der Waals surface area contributed by atoms with Crippen LogP contribution < -0.4 is 56.8 Å². The van der Waals surface area contributed by atoms with Gasteiger partial charge in [-0.15, -0.1) is 0 Å². The zero-order valence-electron chi connectivity index (χ0n) is 85.4. The van der Waals surface area contributed by atoms with Gasteiger partial charge in [-0.3, -0.25) is 63.0 Å². The first-order valence-corrected chi connectivity index (χ1v) is 50.6. The van der Waals surface area contributed by atoms with Crippen molar-refractivity contribution in [3.05, 3.63) is 319 Å². The number of hydrogen-bond acceptors (Lipinski definition) is 26. The van der Waals surface area contributed by atoms with E-state index in [-0.39, 0.29) is 140 Å². The molecule has 0 radical (unpaired) electrons. The fourth-order valence-corrected chi connectivity index (χ4v) is 19.2. The molecule has 1 saturated carbocycles. The first-order chi connectivity index (χ1) is 71.9. The van der Waals surface area contributed by atoms with Gasteiger partial charge in [-0.1, -0.05) is 119 Å². The number of amides is 7. The van der Waals surface area contributed by atoms with E-state index in [4.69, 9.17) is 28.0 Å². The highest BCUT2D eigenvalue weighted by molar-refractivity contribution is 7.89. The normalized spacial score (nSPS) is 14.3. The van der Waals surface area contributed by atoms with Crippen molar-refractivity contribution in [2.45, 2.75) is 175 Å². The van der Waals surface area contributed by atoms with Crippen LogP contribution in [0.5, 0.6) is 23.0 Å². The van der Waals surface area contributed by atoms with Gasteiger partial charge in [0.15, 0.2) is 24.4 Å². The second-order valence-electron chi connectivity index (χ2n) is 36.3. The Hall–Kier alpha value is -16.8. The van der Waals surface area contributed by atoms with Gasteiger partial charge in [-0.2, -0.15) is 4.31 Å². The van der Waals surface area contributed by atoms with Crippen molar-refractivity contribution in [2.24, 2.45) is 15.9 Å². The molecule has 3 aliphatic heterocycles. The van der Waals surface area contributed by atoms with Crippen molar-refractivity contribution in [3.63, 3.8) is 0 Å². The number of carbonyl (C=O) groups is 10. The molecular formula is C113H122FN14O21S+. The summed E-state index contributed by atoms with van der Waals surface area (Å²) in [7, 11) is 0.388. The molecule has 0 bridgehead atoms. The molecular weight excluding hydrogens is 1940 g/mol. The van der Waals surface area contributed by atoms with E-state index in [1.165, 1.54) is 142 Å². The first kappa shape index (κ1) is 112. The van der Waals surface area contributed by atoms with E-state index in [9.17, 15) is 80.7 Å². The fourth-order valence-electron chi connectivity index (χ4n) is 17.3. The molecule has 7 amide bonds. The number of ketones is 2. The quantitative estimate of drug-likeness (QED) is 0.00681. The zero-order chi connectivity index (χ0) is 108. The zero-order valence-corrected chi connectivity index (χ0v) is 86.3. The first-order valence-electron chi connectivity index (χ1n) is 49.2.